The van der Waals surface area contributed by atoms with Crippen molar-refractivity contribution in [2.45, 2.75) is 30.8 Å². The van der Waals surface area contributed by atoms with Gasteiger partial charge in [0.05, 0.1) is 41.3 Å². The van der Waals surface area contributed by atoms with E-state index in [9.17, 15) is 36.0 Å². The maximum absolute atomic E-state index is 14.1. The number of dihydropyridines is 1. The Balaban J connectivity index is 1.66. The molecule has 1 unspecified atom stereocenters. The largest absolute Gasteiger partial charge is 0.460 e. The Labute approximate surface area is 239 Å². The summed E-state index contributed by atoms with van der Waals surface area (Å²) in [5.41, 5.74) is -1.76. The third kappa shape index (κ3) is 5.77. The van der Waals surface area contributed by atoms with Gasteiger partial charge in [-0.05, 0) is 37.6 Å². The van der Waals surface area contributed by atoms with Gasteiger partial charge in [-0.3, -0.25) is 4.79 Å². The number of allylic oxidation sites excluding steroid dienone is 2. The number of fused-ring (bicyclic) bond motifs is 1. The number of hydrogen-bond acceptors (Lipinski definition) is 9. The summed E-state index contributed by atoms with van der Waals surface area (Å²) in [5.74, 6) is -4.43. The summed E-state index contributed by atoms with van der Waals surface area (Å²) in [6, 6.07) is 10.1. The molecular weight excluding hydrogens is 581 g/mol. The summed E-state index contributed by atoms with van der Waals surface area (Å²) in [5, 5.41) is 2.84. The highest BCUT2D eigenvalue weighted by Gasteiger charge is 2.44. The van der Waals surface area contributed by atoms with Crippen LogP contribution in [0.15, 0.2) is 76.0 Å². The van der Waals surface area contributed by atoms with Crippen LogP contribution in [0.3, 0.4) is 0 Å². The van der Waals surface area contributed by atoms with Gasteiger partial charge >= 0.3 is 18.1 Å². The highest BCUT2D eigenvalue weighted by molar-refractivity contribution is 7.90. The number of methoxy groups -OCH3 is 1. The number of carbonyl (C=O) groups excluding carboxylic acids is 3. The van der Waals surface area contributed by atoms with Gasteiger partial charge in [0, 0.05) is 18.5 Å². The number of esters is 2. The molecule has 2 aromatic carbocycles. The number of benzene rings is 2. The molecule has 42 heavy (non-hydrogen) atoms. The van der Waals surface area contributed by atoms with E-state index in [-0.39, 0.29) is 51.8 Å². The van der Waals surface area contributed by atoms with Crippen LogP contribution >= 0.6 is 0 Å². The Kier molecular flexibility index (Phi) is 8.78. The molecule has 14 heteroatoms. The molecule has 0 bridgehead atoms. The first kappa shape index (κ1) is 30.8. The topological polar surface area (TPSA) is 128 Å². The van der Waals surface area contributed by atoms with E-state index in [0.29, 0.717) is 4.31 Å². The lowest BCUT2D eigenvalue weighted by Gasteiger charge is -2.32. The Morgan fingerprint density at radius 1 is 0.905 bits per heavy atom. The van der Waals surface area contributed by atoms with Gasteiger partial charge in [0.25, 0.3) is 15.9 Å². The van der Waals surface area contributed by atoms with Crippen LogP contribution < -0.4 is 5.32 Å². The van der Waals surface area contributed by atoms with Gasteiger partial charge in [0.1, 0.15) is 18.1 Å². The highest BCUT2D eigenvalue weighted by atomic mass is 32.2. The van der Waals surface area contributed by atoms with E-state index >= 15 is 0 Å². The van der Waals surface area contributed by atoms with Crippen molar-refractivity contribution in [3.05, 3.63) is 87.8 Å². The van der Waals surface area contributed by atoms with Crippen molar-refractivity contribution in [3.63, 3.8) is 0 Å². The second-order valence-corrected chi connectivity index (χ2v) is 11.2. The first-order valence-electron chi connectivity index (χ1n) is 12.6. The van der Waals surface area contributed by atoms with Crippen LogP contribution in [0.1, 0.15) is 41.3 Å². The zero-order valence-electron chi connectivity index (χ0n) is 22.8. The van der Waals surface area contributed by atoms with Crippen molar-refractivity contribution in [2.75, 3.05) is 33.5 Å². The zero-order valence-corrected chi connectivity index (χ0v) is 23.6. The van der Waals surface area contributed by atoms with Gasteiger partial charge in [-0.25, -0.2) is 22.3 Å². The van der Waals surface area contributed by atoms with Gasteiger partial charge in [-0.1, -0.05) is 30.3 Å². The fourth-order valence-electron chi connectivity index (χ4n) is 4.90. The minimum absolute atomic E-state index is 0.0279. The predicted octanol–water partition coefficient (Wildman–Crippen LogP) is 3.52. The molecule has 4 rings (SSSR count). The Morgan fingerprint density at radius 3 is 2.07 bits per heavy atom. The number of nitrogens with one attached hydrogen (secondary N) is 1. The fourth-order valence-corrected chi connectivity index (χ4v) is 6.45. The van der Waals surface area contributed by atoms with Crippen LogP contribution in [0.4, 0.5) is 13.2 Å². The van der Waals surface area contributed by atoms with E-state index in [2.05, 4.69) is 5.32 Å². The quantitative estimate of drug-likeness (QED) is 0.336. The second-order valence-electron chi connectivity index (χ2n) is 9.36. The zero-order chi connectivity index (χ0) is 30.8. The van der Waals surface area contributed by atoms with Gasteiger partial charge in [-0.2, -0.15) is 13.2 Å². The van der Waals surface area contributed by atoms with Crippen LogP contribution in [0.5, 0.6) is 0 Å². The number of ether oxygens (including phenoxy) is 3. The summed E-state index contributed by atoms with van der Waals surface area (Å²) in [6.07, 6.45) is -4.83. The Morgan fingerprint density at radius 2 is 1.48 bits per heavy atom. The molecule has 10 nitrogen and oxygen atoms in total. The molecule has 2 aliphatic heterocycles. The van der Waals surface area contributed by atoms with Crippen LogP contribution in [0.2, 0.25) is 0 Å². The molecule has 1 N–H and O–H groups in total. The lowest BCUT2D eigenvalue weighted by atomic mass is 9.78. The summed E-state index contributed by atoms with van der Waals surface area (Å²) < 4.78 is 84.0. The van der Waals surface area contributed by atoms with Gasteiger partial charge in [0.2, 0.25) is 0 Å². The number of alkyl halides is 3. The minimum Gasteiger partial charge on any atom is -0.460 e. The first-order valence-corrected chi connectivity index (χ1v) is 14.1. The van der Waals surface area contributed by atoms with Crippen LogP contribution in [0, 0.1) is 0 Å². The van der Waals surface area contributed by atoms with Crippen molar-refractivity contribution in [2.24, 2.45) is 0 Å². The summed E-state index contributed by atoms with van der Waals surface area (Å²) in [4.78, 5) is 39.1. The van der Waals surface area contributed by atoms with Crippen LogP contribution in [-0.4, -0.2) is 64.0 Å². The molecule has 0 saturated heterocycles. The molecule has 0 aromatic heterocycles. The van der Waals surface area contributed by atoms with Crippen molar-refractivity contribution in [1.29, 1.82) is 0 Å². The molecule has 2 heterocycles. The maximum atomic E-state index is 14.1. The smallest absolute Gasteiger partial charge is 0.416 e. The van der Waals surface area contributed by atoms with Gasteiger partial charge in [-0.15, -0.1) is 0 Å². The lowest BCUT2D eigenvalue weighted by Crippen LogP contribution is -2.36. The lowest BCUT2D eigenvalue weighted by molar-refractivity contribution is -0.142. The molecule has 224 valence electrons. The molecule has 0 saturated carbocycles. The first-order chi connectivity index (χ1) is 19.8. The summed E-state index contributed by atoms with van der Waals surface area (Å²) in [6.45, 7) is 1.60. The highest BCUT2D eigenvalue weighted by Crippen LogP contribution is 2.44. The number of amides is 1. The Hall–Kier alpha value is -4.17. The average molecular weight is 609 g/mol. The van der Waals surface area contributed by atoms with Crippen LogP contribution in [0.25, 0.3) is 0 Å². The van der Waals surface area contributed by atoms with E-state index < -0.39 is 58.7 Å². The molecule has 0 aliphatic carbocycles. The fraction of sp³-hybridized carbons (Fsp3) is 0.321. The summed E-state index contributed by atoms with van der Waals surface area (Å²) in [7, 11) is -2.80. The molecule has 1 atom stereocenters. The van der Waals surface area contributed by atoms with E-state index in [4.69, 9.17) is 14.2 Å². The maximum Gasteiger partial charge on any atom is 0.416 e. The number of carbonyl (C=O) groups is 3. The van der Waals surface area contributed by atoms with E-state index in [0.717, 1.165) is 12.1 Å². The molecule has 0 fully saturated rings. The average Bonchev–Trinajstić information content (AvgIpc) is 3.12. The van der Waals surface area contributed by atoms with Gasteiger partial charge < -0.3 is 19.5 Å². The molecule has 2 aromatic rings. The number of hydrogen-bond donors (Lipinski definition) is 1. The van der Waals surface area contributed by atoms with Crippen molar-refractivity contribution in [1.82, 2.24) is 9.62 Å². The third-order valence-electron chi connectivity index (χ3n) is 6.74. The van der Waals surface area contributed by atoms with Crippen LogP contribution in [-0.2, 0) is 40.0 Å². The number of sulfonamides is 1. The molecular formula is C28H27F3N2O8S. The summed E-state index contributed by atoms with van der Waals surface area (Å²) >= 11 is 0. The number of rotatable bonds is 9. The molecule has 1 amide bonds. The van der Waals surface area contributed by atoms with Crippen molar-refractivity contribution in [3.8, 4) is 0 Å². The SMILES string of the molecule is COCCOC(=O)C1=C(C)NC(C)=C(C(=O)OCCN2C(=O)c3ccccc3S2(=O)=O)C1c1ccccc1C(F)(F)F. The number of halogens is 3. The monoisotopic (exact) mass is 608 g/mol. The number of nitrogens with zero attached hydrogens (tertiary/aromatic N) is 1. The normalized spacial score (nSPS) is 18.1. The van der Waals surface area contributed by atoms with E-state index in [1.54, 1.807) is 0 Å². The Bertz CT molecular complexity index is 1600. The third-order valence-corrected chi connectivity index (χ3v) is 8.58. The van der Waals surface area contributed by atoms with Crippen molar-refractivity contribution >= 4 is 27.9 Å². The standard InChI is InChI=1S/C28H27F3N2O8S/c1-16-22(26(35)40-13-12-33-25(34)19-9-5-7-11-21(19)42(33,37)38)24(18-8-4-6-10-20(18)28(29,30)31)23(17(2)32-16)27(36)41-15-14-39-3/h4-11,24,32H,12-15H2,1-3H3. The molecule has 0 radical (unpaired) electrons. The van der Waals surface area contributed by atoms with Crippen molar-refractivity contribution < 1.29 is 50.2 Å². The second kappa shape index (κ2) is 12.0. The molecule has 0 spiro atoms. The molecule has 2 aliphatic rings. The van der Waals surface area contributed by atoms with E-state index in [1.807, 2.05) is 0 Å². The predicted molar refractivity (Wildman–Crippen MR) is 141 cm³/mol. The van der Waals surface area contributed by atoms with E-state index in [1.165, 1.54) is 57.4 Å². The van der Waals surface area contributed by atoms with Gasteiger partial charge in [0.15, 0.2) is 0 Å². The minimum atomic E-state index is -4.83.